The van der Waals surface area contributed by atoms with E-state index in [0.717, 1.165) is 15.8 Å². The van der Waals surface area contributed by atoms with Gasteiger partial charge in [-0.25, -0.2) is 0 Å². The Morgan fingerprint density at radius 1 is 1.60 bits per heavy atom. The van der Waals surface area contributed by atoms with Gasteiger partial charge in [-0.15, -0.1) is 0 Å². The van der Waals surface area contributed by atoms with Gasteiger partial charge in [0.25, 0.3) is 0 Å². The second-order valence-electron chi connectivity index (χ2n) is 3.36. The van der Waals surface area contributed by atoms with Crippen LogP contribution in [0.15, 0.2) is 22.7 Å². The molecule has 1 unspecified atom stereocenters. The fraction of sp³-hybridized carbons (Fsp3) is 0.364. The van der Waals surface area contributed by atoms with Crippen molar-refractivity contribution in [2.75, 3.05) is 7.11 Å². The highest BCUT2D eigenvalue weighted by atomic mass is 79.9. The minimum atomic E-state index is -0.798. The van der Waals surface area contributed by atoms with Crippen molar-refractivity contribution in [2.24, 2.45) is 5.92 Å². The first-order valence-electron chi connectivity index (χ1n) is 4.60. The minimum Gasteiger partial charge on any atom is -0.496 e. The van der Waals surface area contributed by atoms with Crippen molar-refractivity contribution >= 4 is 21.9 Å². The number of halogens is 1. The number of carboxylic acids is 1. The predicted molar refractivity (Wildman–Crippen MR) is 61.2 cm³/mol. The number of rotatable bonds is 4. The summed E-state index contributed by atoms with van der Waals surface area (Å²) in [4.78, 5) is 10.8. The lowest BCUT2D eigenvalue weighted by atomic mass is 10.0. The van der Waals surface area contributed by atoms with E-state index >= 15 is 0 Å². The lowest BCUT2D eigenvalue weighted by Gasteiger charge is -2.12. The van der Waals surface area contributed by atoms with Crippen LogP contribution in [0.2, 0.25) is 0 Å². The molecular formula is C11H13BrO3. The molecule has 0 amide bonds. The molecule has 0 bridgehead atoms. The third kappa shape index (κ3) is 2.96. The zero-order chi connectivity index (χ0) is 11.4. The number of ether oxygens (including phenoxy) is 1. The Morgan fingerprint density at radius 3 is 2.80 bits per heavy atom. The molecule has 4 heteroatoms. The van der Waals surface area contributed by atoms with Gasteiger partial charge in [0.2, 0.25) is 0 Å². The molecule has 0 saturated heterocycles. The van der Waals surface area contributed by atoms with Crippen LogP contribution in [0, 0.1) is 5.92 Å². The largest absolute Gasteiger partial charge is 0.496 e. The molecule has 0 saturated carbocycles. The van der Waals surface area contributed by atoms with Crippen molar-refractivity contribution in [3.63, 3.8) is 0 Å². The lowest BCUT2D eigenvalue weighted by molar-refractivity contribution is -0.141. The molecular weight excluding hydrogens is 260 g/mol. The maximum Gasteiger partial charge on any atom is 0.306 e. The molecule has 0 radical (unpaired) electrons. The van der Waals surface area contributed by atoms with Gasteiger partial charge in [-0.1, -0.05) is 28.9 Å². The van der Waals surface area contributed by atoms with Crippen molar-refractivity contribution in [3.8, 4) is 5.75 Å². The summed E-state index contributed by atoms with van der Waals surface area (Å²) in [7, 11) is 1.58. The molecule has 1 N–H and O–H groups in total. The van der Waals surface area contributed by atoms with E-state index in [-0.39, 0.29) is 0 Å². The van der Waals surface area contributed by atoms with Crippen LogP contribution >= 0.6 is 15.9 Å². The van der Waals surface area contributed by atoms with Crippen LogP contribution in [-0.2, 0) is 11.2 Å². The van der Waals surface area contributed by atoms with E-state index in [2.05, 4.69) is 15.9 Å². The number of benzene rings is 1. The van der Waals surface area contributed by atoms with Crippen molar-refractivity contribution in [2.45, 2.75) is 13.3 Å². The summed E-state index contributed by atoms with van der Waals surface area (Å²) in [5, 5.41) is 8.84. The van der Waals surface area contributed by atoms with Gasteiger partial charge >= 0.3 is 5.97 Å². The second kappa shape index (κ2) is 5.16. The van der Waals surface area contributed by atoms with Crippen LogP contribution in [0.4, 0.5) is 0 Å². The van der Waals surface area contributed by atoms with Crippen LogP contribution < -0.4 is 4.74 Å². The summed E-state index contributed by atoms with van der Waals surface area (Å²) in [6, 6.07) is 5.57. The number of hydrogen-bond acceptors (Lipinski definition) is 2. The Hall–Kier alpha value is -1.03. The van der Waals surface area contributed by atoms with Crippen LogP contribution in [0.1, 0.15) is 12.5 Å². The fourth-order valence-electron chi connectivity index (χ4n) is 1.32. The summed E-state index contributed by atoms with van der Waals surface area (Å²) >= 11 is 3.39. The van der Waals surface area contributed by atoms with Crippen LogP contribution in [0.3, 0.4) is 0 Å². The molecule has 1 atom stereocenters. The highest BCUT2D eigenvalue weighted by molar-refractivity contribution is 9.10. The standard InChI is InChI=1S/C11H13BrO3/c1-7(11(13)14)6-8-9(12)4-3-5-10(8)15-2/h3-5,7H,6H2,1-2H3,(H,13,14). The Labute approximate surface area is 97.2 Å². The topological polar surface area (TPSA) is 46.5 Å². The van der Waals surface area contributed by atoms with Gasteiger partial charge in [0.05, 0.1) is 13.0 Å². The SMILES string of the molecule is COc1cccc(Br)c1CC(C)C(=O)O. The maximum absolute atomic E-state index is 10.8. The summed E-state index contributed by atoms with van der Waals surface area (Å²) in [6.45, 7) is 1.68. The van der Waals surface area contributed by atoms with Crippen molar-refractivity contribution in [3.05, 3.63) is 28.2 Å². The van der Waals surface area contributed by atoms with E-state index in [1.54, 1.807) is 14.0 Å². The van der Waals surface area contributed by atoms with E-state index < -0.39 is 11.9 Å². The molecule has 1 aromatic rings. The summed E-state index contributed by atoms with van der Waals surface area (Å²) in [6.07, 6.45) is 0.458. The van der Waals surface area contributed by atoms with Gasteiger partial charge < -0.3 is 9.84 Å². The number of hydrogen-bond donors (Lipinski definition) is 1. The Balaban J connectivity index is 2.97. The summed E-state index contributed by atoms with van der Waals surface area (Å²) in [5.41, 5.74) is 0.898. The van der Waals surface area contributed by atoms with E-state index in [1.165, 1.54) is 0 Å². The number of methoxy groups -OCH3 is 1. The molecule has 0 aliphatic heterocycles. The first-order chi connectivity index (χ1) is 7.06. The third-order valence-electron chi connectivity index (χ3n) is 2.23. The van der Waals surface area contributed by atoms with Gasteiger partial charge in [-0.3, -0.25) is 4.79 Å². The molecule has 0 fully saturated rings. The van der Waals surface area contributed by atoms with Crippen LogP contribution in [-0.4, -0.2) is 18.2 Å². The normalized spacial score (nSPS) is 12.2. The predicted octanol–water partition coefficient (Wildman–Crippen LogP) is 2.72. The van der Waals surface area contributed by atoms with E-state index in [4.69, 9.17) is 9.84 Å². The first kappa shape index (κ1) is 12.0. The fourth-order valence-corrected chi connectivity index (χ4v) is 1.83. The molecule has 15 heavy (non-hydrogen) atoms. The smallest absolute Gasteiger partial charge is 0.306 e. The average Bonchev–Trinajstić information content (AvgIpc) is 2.20. The molecule has 0 aliphatic rings. The van der Waals surface area contributed by atoms with Crippen molar-refractivity contribution < 1.29 is 14.6 Å². The Bertz CT molecular complexity index is 363. The quantitative estimate of drug-likeness (QED) is 0.917. The van der Waals surface area contributed by atoms with Gasteiger partial charge in [-0.2, -0.15) is 0 Å². The Kier molecular flexibility index (Phi) is 4.15. The molecule has 0 aromatic heterocycles. The molecule has 0 spiro atoms. The first-order valence-corrected chi connectivity index (χ1v) is 5.39. The molecule has 3 nitrogen and oxygen atoms in total. The number of carboxylic acid groups (broad SMARTS) is 1. The maximum atomic E-state index is 10.8. The summed E-state index contributed by atoms with van der Waals surface area (Å²) < 4.78 is 6.07. The molecule has 0 heterocycles. The Morgan fingerprint density at radius 2 is 2.27 bits per heavy atom. The zero-order valence-electron chi connectivity index (χ0n) is 8.66. The van der Waals surface area contributed by atoms with E-state index in [1.807, 2.05) is 18.2 Å². The third-order valence-corrected chi connectivity index (χ3v) is 2.97. The second-order valence-corrected chi connectivity index (χ2v) is 4.22. The minimum absolute atomic E-state index is 0.419. The van der Waals surface area contributed by atoms with E-state index in [0.29, 0.717) is 6.42 Å². The molecule has 1 rings (SSSR count). The number of aliphatic carboxylic acids is 1. The van der Waals surface area contributed by atoms with E-state index in [9.17, 15) is 4.79 Å². The average molecular weight is 273 g/mol. The number of carbonyl (C=O) groups is 1. The van der Waals surface area contributed by atoms with Crippen molar-refractivity contribution in [1.82, 2.24) is 0 Å². The molecule has 0 aliphatic carbocycles. The van der Waals surface area contributed by atoms with Gasteiger partial charge in [0.15, 0.2) is 0 Å². The molecule has 82 valence electrons. The van der Waals surface area contributed by atoms with Gasteiger partial charge in [0, 0.05) is 10.0 Å². The van der Waals surface area contributed by atoms with Crippen molar-refractivity contribution in [1.29, 1.82) is 0 Å². The lowest BCUT2D eigenvalue weighted by Crippen LogP contribution is -2.13. The zero-order valence-corrected chi connectivity index (χ0v) is 10.2. The van der Waals surface area contributed by atoms with Gasteiger partial charge in [0.1, 0.15) is 5.75 Å². The van der Waals surface area contributed by atoms with Crippen LogP contribution in [0.5, 0.6) is 5.75 Å². The summed E-state index contributed by atoms with van der Waals surface area (Å²) in [5.74, 6) is -0.497. The highest BCUT2D eigenvalue weighted by Gasteiger charge is 2.16. The van der Waals surface area contributed by atoms with Gasteiger partial charge in [-0.05, 0) is 18.6 Å². The molecule has 1 aromatic carbocycles. The van der Waals surface area contributed by atoms with Crippen LogP contribution in [0.25, 0.3) is 0 Å². The monoisotopic (exact) mass is 272 g/mol. The highest BCUT2D eigenvalue weighted by Crippen LogP contribution is 2.28.